The van der Waals surface area contributed by atoms with E-state index < -0.39 is 0 Å². The van der Waals surface area contributed by atoms with Crippen molar-refractivity contribution in [2.45, 2.75) is 13.2 Å². The fraction of sp³-hybridized carbons (Fsp3) is 0.167. The molecule has 1 heterocycles. The van der Waals surface area contributed by atoms with Crippen LogP contribution in [0.2, 0.25) is 0 Å². The highest BCUT2D eigenvalue weighted by Gasteiger charge is 2.11. The van der Waals surface area contributed by atoms with Crippen LogP contribution in [0.3, 0.4) is 0 Å². The first-order chi connectivity index (χ1) is 10.8. The van der Waals surface area contributed by atoms with Crippen molar-refractivity contribution >= 4 is 16.7 Å². The molecule has 3 aromatic rings. The fourth-order valence-electron chi connectivity index (χ4n) is 2.43. The quantitative estimate of drug-likeness (QED) is 0.783. The highest BCUT2D eigenvalue weighted by Crippen LogP contribution is 2.18. The van der Waals surface area contributed by atoms with Gasteiger partial charge in [0.15, 0.2) is 5.76 Å². The molecule has 0 unspecified atom stereocenters. The molecule has 3 rings (SSSR count). The molecule has 1 amide bonds. The van der Waals surface area contributed by atoms with Gasteiger partial charge in [0, 0.05) is 13.7 Å². The van der Waals surface area contributed by atoms with Gasteiger partial charge in [0.25, 0.3) is 5.91 Å². The van der Waals surface area contributed by atoms with Crippen molar-refractivity contribution in [3.8, 4) is 0 Å². The molecular formula is C18H17NO3. The molecule has 0 saturated carbocycles. The van der Waals surface area contributed by atoms with Crippen molar-refractivity contribution < 1.29 is 13.9 Å². The Morgan fingerprint density at radius 1 is 1.09 bits per heavy atom. The number of hydrogen-bond donors (Lipinski definition) is 1. The van der Waals surface area contributed by atoms with Gasteiger partial charge >= 0.3 is 0 Å². The van der Waals surface area contributed by atoms with Gasteiger partial charge in [-0.1, -0.05) is 42.5 Å². The van der Waals surface area contributed by atoms with E-state index in [1.165, 1.54) is 0 Å². The monoisotopic (exact) mass is 295 g/mol. The normalized spacial score (nSPS) is 10.8. The van der Waals surface area contributed by atoms with Crippen LogP contribution in [0.15, 0.2) is 59.0 Å². The number of amides is 1. The van der Waals surface area contributed by atoms with Crippen LogP contribution in [0.5, 0.6) is 0 Å². The van der Waals surface area contributed by atoms with Gasteiger partial charge in [0.2, 0.25) is 0 Å². The number of ether oxygens (including phenoxy) is 1. The zero-order chi connectivity index (χ0) is 15.4. The molecule has 0 spiro atoms. The van der Waals surface area contributed by atoms with Gasteiger partial charge in [-0.2, -0.15) is 0 Å². The Labute approximate surface area is 128 Å². The van der Waals surface area contributed by atoms with Crippen LogP contribution in [0.4, 0.5) is 0 Å². The first-order valence-corrected chi connectivity index (χ1v) is 7.10. The average molecular weight is 295 g/mol. The van der Waals surface area contributed by atoms with E-state index in [1.807, 2.05) is 24.3 Å². The Kier molecular flexibility index (Phi) is 4.21. The van der Waals surface area contributed by atoms with Crippen LogP contribution >= 0.6 is 0 Å². The number of furan rings is 1. The Balaban J connectivity index is 1.72. The van der Waals surface area contributed by atoms with Crippen LogP contribution in [0, 0.1) is 0 Å². The number of carbonyl (C=O) groups is 1. The summed E-state index contributed by atoms with van der Waals surface area (Å²) in [6.45, 7) is 0.817. The third-order valence-corrected chi connectivity index (χ3v) is 3.49. The minimum absolute atomic E-state index is 0.227. The van der Waals surface area contributed by atoms with Gasteiger partial charge < -0.3 is 14.5 Å². The Morgan fingerprint density at radius 2 is 1.91 bits per heavy atom. The number of benzene rings is 2. The average Bonchev–Trinajstić information content (AvgIpc) is 3.02. The summed E-state index contributed by atoms with van der Waals surface area (Å²) in [5.41, 5.74) is 1.08. The number of fused-ring (bicyclic) bond motifs is 1. The lowest BCUT2D eigenvalue weighted by Crippen LogP contribution is -2.22. The zero-order valence-electron chi connectivity index (χ0n) is 12.3. The van der Waals surface area contributed by atoms with Crippen LogP contribution in [0.1, 0.15) is 21.9 Å². The smallest absolute Gasteiger partial charge is 0.287 e. The predicted octanol–water partition coefficient (Wildman–Crippen LogP) is 3.51. The molecule has 0 aliphatic heterocycles. The van der Waals surface area contributed by atoms with Crippen molar-refractivity contribution in [1.29, 1.82) is 0 Å². The largest absolute Gasteiger partial charge is 0.453 e. The minimum Gasteiger partial charge on any atom is -0.453 e. The van der Waals surface area contributed by atoms with E-state index in [4.69, 9.17) is 9.15 Å². The third kappa shape index (κ3) is 3.02. The predicted molar refractivity (Wildman–Crippen MR) is 84.5 cm³/mol. The third-order valence-electron chi connectivity index (χ3n) is 3.49. The van der Waals surface area contributed by atoms with Crippen molar-refractivity contribution in [2.75, 3.05) is 7.11 Å². The molecule has 0 bridgehead atoms. The first kappa shape index (κ1) is 14.4. The van der Waals surface area contributed by atoms with Crippen molar-refractivity contribution in [3.63, 3.8) is 0 Å². The summed E-state index contributed by atoms with van der Waals surface area (Å²) in [6.07, 6.45) is 0. The molecule has 22 heavy (non-hydrogen) atoms. The summed E-state index contributed by atoms with van der Waals surface area (Å²) in [7, 11) is 1.59. The highest BCUT2D eigenvalue weighted by molar-refractivity contribution is 5.92. The van der Waals surface area contributed by atoms with Crippen LogP contribution < -0.4 is 5.32 Å². The van der Waals surface area contributed by atoms with Gasteiger partial charge in [-0.3, -0.25) is 4.79 Å². The number of methoxy groups -OCH3 is 1. The summed E-state index contributed by atoms with van der Waals surface area (Å²) in [6, 6.07) is 17.6. The molecule has 0 saturated heterocycles. The Bertz CT molecular complexity index is 786. The van der Waals surface area contributed by atoms with Crippen LogP contribution in [0.25, 0.3) is 10.8 Å². The second-order valence-corrected chi connectivity index (χ2v) is 5.02. The van der Waals surface area contributed by atoms with E-state index in [9.17, 15) is 4.79 Å². The maximum absolute atomic E-state index is 12.1. The van der Waals surface area contributed by atoms with Crippen LogP contribution in [-0.2, 0) is 17.9 Å². The van der Waals surface area contributed by atoms with Gasteiger partial charge in [0.05, 0.1) is 0 Å². The number of carbonyl (C=O) groups excluding carboxylic acids is 1. The summed E-state index contributed by atoms with van der Waals surface area (Å²) in [5, 5.41) is 5.19. The zero-order valence-corrected chi connectivity index (χ0v) is 12.3. The first-order valence-electron chi connectivity index (χ1n) is 7.10. The summed E-state index contributed by atoms with van der Waals surface area (Å²) < 4.78 is 10.4. The molecule has 0 fully saturated rings. The van der Waals surface area contributed by atoms with Gasteiger partial charge in [-0.15, -0.1) is 0 Å². The lowest BCUT2D eigenvalue weighted by molar-refractivity contribution is 0.0914. The molecule has 0 radical (unpaired) electrons. The fourth-order valence-corrected chi connectivity index (χ4v) is 2.43. The van der Waals surface area contributed by atoms with Crippen molar-refractivity contribution in [1.82, 2.24) is 5.32 Å². The molecule has 0 aliphatic carbocycles. The topological polar surface area (TPSA) is 51.5 Å². The van der Waals surface area contributed by atoms with Gasteiger partial charge in [0.1, 0.15) is 12.4 Å². The van der Waals surface area contributed by atoms with Crippen LogP contribution in [-0.4, -0.2) is 13.0 Å². The van der Waals surface area contributed by atoms with E-state index in [0.29, 0.717) is 24.7 Å². The summed E-state index contributed by atoms with van der Waals surface area (Å²) in [5.74, 6) is 0.709. The maximum atomic E-state index is 12.1. The molecular weight excluding hydrogens is 278 g/mol. The van der Waals surface area contributed by atoms with Crippen molar-refractivity contribution in [3.05, 3.63) is 71.7 Å². The number of hydrogen-bond acceptors (Lipinski definition) is 3. The van der Waals surface area contributed by atoms with Gasteiger partial charge in [-0.05, 0) is 28.5 Å². The number of nitrogens with one attached hydrogen (secondary N) is 1. The molecule has 4 nitrogen and oxygen atoms in total. The maximum Gasteiger partial charge on any atom is 0.287 e. The molecule has 1 N–H and O–H groups in total. The Hall–Kier alpha value is -2.59. The lowest BCUT2D eigenvalue weighted by Gasteiger charge is -2.07. The molecule has 0 atom stereocenters. The summed E-state index contributed by atoms with van der Waals surface area (Å²) >= 11 is 0. The van der Waals surface area contributed by atoms with E-state index in [2.05, 4.69) is 23.5 Å². The highest BCUT2D eigenvalue weighted by atomic mass is 16.5. The van der Waals surface area contributed by atoms with Gasteiger partial charge in [-0.25, -0.2) is 0 Å². The SMILES string of the molecule is COCc1ccc(C(=O)NCc2cccc3ccccc23)o1. The van der Waals surface area contributed by atoms with E-state index in [0.717, 1.165) is 16.3 Å². The molecule has 2 aromatic carbocycles. The molecule has 0 aliphatic rings. The summed E-state index contributed by atoms with van der Waals surface area (Å²) in [4.78, 5) is 12.1. The lowest BCUT2D eigenvalue weighted by atomic mass is 10.0. The van der Waals surface area contributed by atoms with Crippen molar-refractivity contribution in [2.24, 2.45) is 0 Å². The van der Waals surface area contributed by atoms with E-state index in [-0.39, 0.29) is 5.91 Å². The molecule has 4 heteroatoms. The standard InChI is InChI=1S/C18H17NO3/c1-21-12-15-9-10-17(22-15)18(20)19-11-14-7-4-6-13-5-2-3-8-16(13)14/h2-10H,11-12H2,1H3,(H,19,20). The molecule has 1 aromatic heterocycles. The second-order valence-electron chi connectivity index (χ2n) is 5.02. The van der Waals surface area contributed by atoms with E-state index >= 15 is 0 Å². The number of rotatable bonds is 5. The second kappa shape index (κ2) is 6.45. The Morgan fingerprint density at radius 3 is 2.77 bits per heavy atom. The van der Waals surface area contributed by atoms with E-state index in [1.54, 1.807) is 19.2 Å². The minimum atomic E-state index is -0.227. The molecule has 112 valence electrons.